The van der Waals surface area contributed by atoms with Crippen LogP contribution in [-0.2, 0) is 22.5 Å². The summed E-state index contributed by atoms with van der Waals surface area (Å²) in [5.74, 6) is 1.14. The zero-order valence-corrected chi connectivity index (χ0v) is 12.2. The molecule has 0 radical (unpaired) electrons. The van der Waals surface area contributed by atoms with E-state index in [2.05, 4.69) is 11.4 Å². The molecular formula is C17H21NO3. The number of rotatable bonds is 3. The Morgan fingerprint density at radius 3 is 3.24 bits per heavy atom. The molecule has 4 rings (SSSR count). The molecule has 2 heterocycles. The molecule has 0 aromatic heterocycles. The summed E-state index contributed by atoms with van der Waals surface area (Å²) in [6.07, 6.45) is 5.06. The monoisotopic (exact) mass is 287 g/mol. The number of hydrogen-bond donors (Lipinski definition) is 1. The van der Waals surface area contributed by atoms with Gasteiger partial charge in [-0.2, -0.15) is 0 Å². The molecule has 4 heteroatoms. The number of para-hydroxylation sites is 1. The predicted octanol–water partition coefficient (Wildman–Crippen LogP) is 2.20. The minimum Gasteiger partial charge on any atom is -0.493 e. The van der Waals surface area contributed by atoms with Crippen LogP contribution in [-0.4, -0.2) is 25.2 Å². The van der Waals surface area contributed by atoms with Gasteiger partial charge in [0.15, 0.2) is 0 Å². The van der Waals surface area contributed by atoms with E-state index >= 15 is 0 Å². The van der Waals surface area contributed by atoms with Gasteiger partial charge in [0.25, 0.3) is 0 Å². The number of carbonyl (C=O) groups is 1. The second-order valence-electron chi connectivity index (χ2n) is 6.34. The molecule has 1 N–H and O–H groups in total. The summed E-state index contributed by atoms with van der Waals surface area (Å²) >= 11 is 0. The van der Waals surface area contributed by atoms with Crippen LogP contribution in [0.15, 0.2) is 18.2 Å². The van der Waals surface area contributed by atoms with Crippen LogP contribution in [0, 0.1) is 5.41 Å². The first-order valence-corrected chi connectivity index (χ1v) is 7.93. The van der Waals surface area contributed by atoms with E-state index in [9.17, 15) is 4.79 Å². The molecule has 112 valence electrons. The smallest absolute Gasteiger partial charge is 0.229 e. The predicted molar refractivity (Wildman–Crippen MR) is 78.1 cm³/mol. The van der Waals surface area contributed by atoms with Gasteiger partial charge in [-0.05, 0) is 31.2 Å². The van der Waals surface area contributed by atoms with Crippen LogP contribution in [0.1, 0.15) is 36.8 Å². The van der Waals surface area contributed by atoms with Crippen molar-refractivity contribution < 1.29 is 14.3 Å². The Bertz CT molecular complexity index is 559. The lowest BCUT2D eigenvalue weighted by Crippen LogP contribution is -2.43. The molecule has 1 aliphatic carbocycles. The Morgan fingerprint density at radius 1 is 1.33 bits per heavy atom. The van der Waals surface area contributed by atoms with Crippen molar-refractivity contribution in [3.8, 4) is 5.75 Å². The lowest BCUT2D eigenvalue weighted by atomic mass is 9.82. The van der Waals surface area contributed by atoms with Crippen molar-refractivity contribution in [3.05, 3.63) is 29.3 Å². The quantitative estimate of drug-likeness (QED) is 0.927. The summed E-state index contributed by atoms with van der Waals surface area (Å²) in [5.41, 5.74) is 2.07. The highest BCUT2D eigenvalue weighted by atomic mass is 16.5. The van der Waals surface area contributed by atoms with Crippen molar-refractivity contribution in [2.24, 2.45) is 5.41 Å². The molecule has 21 heavy (non-hydrogen) atoms. The molecular weight excluding hydrogens is 266 g/mol. The first-order valence-electron chi connectivity index (χ1n) is 7.93. The maximum absolute atomic E-state index is 12.7. The molecule has 0 bridgehead atoms. The Labute approximate surface area is 124 Å². The fourth-order valence-electron chi connectivity index (χ4n) is 4.10. The van der Waals surface area contributed by atoms with Gasteiger partial charge in [-0.3, -0.25) is 4.79 Å². The van der Waals surface area contributed by atoms with Gasteiger partial charge in [0.1, 0.15) is 5.75 Å². The van der Waals surface area contributed by atoms with Crippen LogP contribution in [0.5, 0.6) is 5.75 Å². The first-order chi connectivity index (χ1) is 10.3. The van der Waals surface area contributed by atoms with Crippen molar-refractivity contribution in [2.45, 2.75) is 44.8 Å². The summed E-state index contributed by atoms with van der Waals surface area (Å²) in [5, 5.41) is 3.13. The number of amides is 1. The maximum Gasteiger partial charge on any atom is 0.229 e. The van der Waals surface area contributed by atoms with Crippen molar-refractivity contribution in [2.75, 3.05) is 13.2 Å². The lowest BCUT2D eigenvalue weighted by molar-refractivity contribution is -0.133. The van der Waals surface area contributed by atoms with Crippen molar-refractivity contribution >= 4 is 5.91 Å². The highest BCUT2D eigenvalue weighted by molar-refractivity contribution is 5.84. The van der Waals surface area contributed by atoms with E-state index in [0.29, 0.717) is 6.54 Å². The molecule has 4 nitrogen and oxygen atoms in total. The number of hydrogen-bond acceptors (Lipinski definition) is 3. The van der Waals surface area contributed by atoms with Crippen molar-refractivity contribution in [1.82, 2.24) is 5.32 Å². The van der Waals surface area contributed by atoms with Crippen LogP contribution in [0.3, 0.4) is 0 Å². The third kappa shape index (κ3) is 2.04. The second-order valence-corrected chi connectivity index (χ2v) is 6.34. The van der Waals surface area contributed by atoms with E-state index < -0.39 is 0 Å². The molecule has 1 aromatic rings. The second kappa shape index (κ2) is 5.02. The van der Waals surface area contributed by atoms with Gasteiger partial charge >= 0.3 is 0 Å². The topological polar surface area (TPSA) is 47.6 Å². The minimum absolute atomic E-state index is 0.134. The highest BCUT2D eigenvalue weighted by Crippen LogP contribution is 2.47. The van der Waals surface area contributed by atoms with Gasteiger partial charge < -0.3 is 14.8 Å². The summed E-state index contributed by atoms with van der Waals surface area (Å²) in [6.45, 7) is 2.03. The van der Waals surface area contributed by atoms with Crippen LogP contribution < -0.4 is 10.1 Å². The van der Waals surface area contributed by atoms with E-state index in [0.717, 1.165) is 56.6 Å². The van der Waals surface area contributed by atoms with E-state index in [1.54, 1.807) is 0 Å². The average molecular weight is 287 g/mol. The first kappa shape index (κ1) is 13.1. The lowest BCUT2D eigenvalue weighted by Gasteiger charge is -2.26. The summed E-state index contributed by atoms with van der Waals surface area (Å²) in [7, 11) is 0. The Morgan fingerprint density at radius 2 is 2.29 bits per heavy atom. The minimum atomic E-state index is -0.265. The molecule has 1 saturated carbocycles. The van der Waals surface area contributed by atoms with E-state index in [-0.39, 0.29) is 17.4 Å². The average Bonchev–Trinajstić information content (AvgIpc) is 3.18. The zero-order valence-electron chi connectivity index (χ0n) is 12.2. The van der Waals surface area contributed by atoms with Gasteiger partial charge in [-0.25, -0.2) is 0 Å². The largest absolute Gasteiger partial charge is 0.493 e. The molecule has 1 saturated heterocycles. The normalized spacial score (nSPS) is 29.8. The summed E-state index contributed by atoms with van der Waals surface area (Å²) in [4.78, 5) is 12.7. The van der Waals surface area contributed by atoms with E-state index in [1.165, 1.54) is 5.56 Å². The summed E-state index contributed by atoms with van der Waals surface area (Å²) in [6, 6.07) is 6.19. The summed E-state index contributed by atoms with van der Waals surface area (Å²) < 4.78 is 11.4. The Balaban J connectivity index is 1.48. The number of nitrogens with one attached hydrogen (secondary N) is 1. The van der Waals surface area contributed by atoms with Crippen LogP contribution in [0.4, 0.5) is 0 Å². The molecule has 3 aliphatic rings. The zero-order chi connectivity index (χ0) is 14.3. The number of ether oxygens (including phenoxy) is 2. The number of fused-ring (bicyclic) bond motifs is 2. The third-order valence-corrected chi connectivity index (χ3v) is 5.26. The van der Waals surface area contributed by atoms with Crippen molar-refractivity contribution in [1.29, 1.82) is 0 Å². The van der Waals surface area contributed by atoms with Gasteiger partial charge in [0, 0.05) is 25.1 Å². The molecule has 2 aliphatic heterocycles. The van der Waals surface area contributed by atoms with Crippen LogP contribution in [0.25, 0.3) is 0 Å². The van der Waals surface area contributed by atoms with E-state index in [4.69, 9.17) is 9.47 Å². The number of carbonyl (C=O) groups excluding carboxylic acids is 1. The van der Waals surface area contributed by atoms with Crippen LogP contribution >= 0.6 is 0 Å². The molecule has 2 atom stereocenters. The number of benzene rings is 1. The third-order valence-electron chi connectivity index (χ3n) is 5.26. The van der Waals surface area contributed by atoms with E-state index in [1.807, 2.05) is 12.1 Å². The molecule has 0 unspecified atom stereocenters. The fraction of sp³-hybridized carbons (Fsp3) is 0.588. The standard InChI is InChI=1S/C17H21NO3/c19-16(17-7-2-5-14(17)20-10-8-17)18-11-13-4-1-3-12-6-9-21-15(12)13/h1,3-4,14H,2,5-11H2,(H,18,19)/t14-,17+/m1/s1. The van der Waals surface area contributed by atoms with Gasteiger partial charge in [0.05, 0.1) is 18.1 Å². The fourth-order valence-corrected chi connectivity index (χ4v) is 4.10. The highest BCUT2D eigenvalue weighted by Gasteiger charge is 2.52. The van der Waals surface area contributed by atoms with Gasteiger partial charge in [-0.15, -0.1) is 0 Å². The van der Waals surface area contributed by atoms with Gasteiger partial charge in [0.2, 0.25) is 5.91 Å². The van der Waals surface area contributed by atoms with Gasteiger partial charge in [-0.1, -0.05) is 18.2 Å². The Hall–Kier alpha value is -1.55. The van der Waals surface area contributed by atoms with Crippen LogP contribution in [0.2, 0.25) is 0 Å². The van der Waals surface area contributed by atoms with Crippen molar-refractivity contribution in [3.63, 3.8) is 0 Å². The SMILES string of the molecule is O=C(NCc1cccc2c1OCC2)[C@]12CCC[C@H]1OCC2. The maximum atomic E-state index is 12.7. The molecule has 1 aromatic carbocycles. The Kier molecular flexibility index (Phi) is 3.14. The molecule has 2 fully saturated rings. The molecule has 0 spiro atoms. The molecule has 1 amide bonds.